The Morgan fingerprint density at radius 2 is 2.15 bits per heavy atom. The number of amides is 3. The van der Waals surface area contributed by atoms with Gasteiger partial charge < -0.3 is 21.5 Å². The molecule has 1 aromatic rings. The van der Waals surface area contributed by atoms with Gasteiger partial charge in [0.05, 0.1) is 0 Å². The van der Waals surface area contributed by atoms with Crippen molar-refractivity contribution in [1.82, 2.24) is 15.6 Å². The number of carboxylic acid groups (broad SMARTS) is 1. The SMILES string of the molecule is NC(=O)CC[C@@H](NC(=O)NCc1cccnc1)C(=O)O. The Morgan fingerprint density at radius 3 is 2.70 bits per heavy atom. The second-order valence-corrected chi connectivity index (χ2v) is 4.08. The molecule has 0 aliphatic rings. The Morgan fingerprint density at radius 1 is 1.40 bits per heavy atom. The molecular weight excluding hydrogens is 264 g/mol. The minimum Gasteiger partial charge on any atom is -0.480 e. The van der Waals surface area contributed by atoms with Gasteiger partial charge in [0.1, 0.15) is 6.04 Å². The van der Waals surface area contributed by atoms with Crippen molar-refractivity contribution in [3.05, 3.63) is 30.1 Å². The fourth-order valence-corrected chi connectivity index (χ4v) is 1.44. The van der Waals surface area contributed by atoms with Crippen LogP contribution in [0.3, 0.4) is 0 Å². The Kier molecular flexibility index (Phi) is 5.95. The highest BCUT2D eigenvalue weighted by Crippen LogP contribution is 1.98. The van der Waals surface area contributed by atoms with Crippen molar-refractivity contribution >= 4 is 17.9 Å². The van der Waals surface area contributed by atoms with E-state index in [2.05, 4.69) is 15.6 Å². The van der Waals surface area contributed by atoms with Crippen molar-refractivity contribution in [2.75, 3.05) is 0 Å². The standard InChI is InChI=1S/C12H16N4O4/c13-10(17)4-3-9(11(18)19)16-12(20)15-7-8-2-1-5-14-6-8/h1-2,5-6,9H,3-4,7H2,(H2,13,17)(H,18,19)(H2,15,16,20)/t9-/m1/s1. The number of urea groups is 1. The summed E-state index contributed by atoms with van der Waals surface area (Å²) in [7, 11) is 0. The average Bonchev–Trinajstić information content (AvgIpc) is 2.41. The van der Waals surface area contributed by atoms with E-state index < -0.39 is 23.9 Å². The van der Waals surface area contributed by atoms with E-state index in [0.717, 1.165) is 5.56 Å². The zero-order valence-corrected chi connectivity index (χ0v) is 10.7. The molecule has 0 saturated heterocycles. The number of carbonyl (C=O) groups is 3. The number of hydrogen-bond acceptors (Lipinski definition) is 4. The van der Waals surface area contributed by atoms with Crippen LogP contribution >= 0.6 is 0 Å². The van der Waals surface area contributed by atoms with Gasteiger partial charge in [0.25, 0.3) is 0 Å². The van der Waals surface area contributed by atoms with Crippen molar-refractivity contribution in [2.45, 2.75) is 25.4 Å². The van der Waals surface area contributed by atoms with Crippen LogP contribution < -0.4 is 16.4 Å². The fourth-order valence-electron chi connectivity index (χ4n) is 1.44. The van der Waals surface area contributed by atoms with Gasteiger partial charge in [-0.15, -0.1) is 0 Å². The van der Waals surface area contributed by atoms with Gasteiger partial charge in [-0.3, -0.25) is 9.78 Å². The lowest BCUT2D eigenvalue weighted by molar-refractivity contribution is -0.139. The number of rotatable bonds is 7. The third kappa shape index (κ3) is 5.80. The lowest BCUT2D eigenvalue weighted by Crippen LogP contribution is -2.46. The summed E-state index contributed by atoms with van der Waals surface area (Å²) >= 11 is 0. The van der Waals surface area contributed by atoms with E-state index in [0.29, 0.717) is 0 Å². The molecule has 8 heteroatoms. The number of nitrogens with zero attached hydrogens (tertiary/aromatic N) is 1. The molecule has 5 N–H and O–H groups in total. The summed E-state index contributed by atoms with van der Waals surface area (Å²) in [5, 5.41) is 13.7. The van der Waals surface area contributed by atoms with Gasteiger partial charge in [0.2, 0.25) is 5.91 Å². The number of nitrogens with one attached hydrogen (secondary N) is 2. The number of carboxylic acids is 1. The zero-order valence-electron chi connectivity index (χ0n) is 10.7. The van der Waals surface area contributed by atoms with Gasteiger partial charge in [0, 0.05) is 25.4 Å². The quantitative estimate of drug-likeness (QED) is 0.539. The third-order valence-electron chi connectivity index (χ3n) is 2.46. The molecule has 1 heterocycles. The highest BCUT2D eigenvalue weighted by atomic mass is 16.4. The number of pyridine rings is 1. The topological polar surface area (TPSA) is 134 Å². The Labute approximate surface area is 115 Å². The molecule has 0 spiro atoms. The van der Waals surface area contributed by atoms with E-state index in [-0.39, 0.29) is 19.4 Å². The minimum atomic E-state index is -1.22. The van der Waals surface area contributed by atoms with Crippen LogP contribution in [0, 0.1) is 0 Å². The van der Waals surface area contributed by atoms with Crippen LogP contribution in [0.4, 0.5) is 4.79 Å². The molecule has 0 aliphatic carbocycles. The number of primary amides is 1. The number of aliphatic carboxylic acids is 1. The first-order chi connectivity index (χ1) is 9.49. The van der Waals surface area contributed by atoms with E-state index in [1.807, 2.05) is 0 Å². The molecule has 1 aromatic heterocycles. The molecule has 8 nitrogen and oxygen atoms in total. The lowest BCUT2D eigenvalue weighted by Gasteiger charge is -2.14. The summed E-state index contributed by atoms with van der Waals surface area (Å²) in [5.41, 5.74) is 5.72. The lowest BCUT2D eigenvalue weighted by atomic mass is 10.1. The first-order valence-electron chi connectivity index (χ1n) is 5.93. The van der Waals surface area contributed by atoms with Crippen molar-refractivity contribution in [1.29, 1.82) is 0 Å². The van der Waals surface area contributed by atoms with E-state index in [4.69, 9.17) is 10.8 Å². The maximum Gasteiger partial charge on any atom is 0.326 e. The Hall–Kier alpha value is -2.64. The molecule has 0 radical (unpaired) electrons. The van der Waals surface area contributed by atoms with E-state index in [1.54, 1.807) is 24.5 Å². The van der Waals surface area contributed by atoms with E-state index >= 15 is 0 Å². The summed E-state index contributed by atoms with van der Waals surface area (Å²) in [5.74, 6) is -1.84. The van der Waals surface area contributed by atoms with Gasteiger partial charge >= 0.3 is 12.0 Å². The minimum absolute atomic E-state index is 0.0506. The normalized spacial score (nSPS) is 11.4. The molecule has 0 aliphatic heterocycles. The number of hydrogen-bond donors (Lipinski definition) is 4. The summed E-state index contributed by atoms with van der Waals surface area (Å²) < 4.78 is 0. The monoisotopic (exact) mass is 280 g/mol. The first-order valence-corrected chi connectivity index (χ1v) is 5.93. The van der Waals surface area contributed by atoms with Crippen LogP contribution in [0.2, 0.25) is 0 Å². The van der Waals surface area contributed by atoms with Crippen molar-refractivity contribution in [2.24, 2.45) is 5.73 Å². The predicted molar refractivity (Wildman–Crippen MR) is 69.5 cm³/mol. The van der Waals surface area contributed by atoms with Crippen molar-refractivity contribution in [3.63, 3.8) is 0 Å². The summed E-state index contributed by atoms with van der Waals surface area (Å²) in [6.07, 6.45) is 3.03. The molecule has 0 aromatic carbocycles. The highest BCUT2D eigenvalue weighted by Gasteiger charge is 2.20. The number of aromatic nitrogens is 1. The van der Waals surface area contributed by atoms with Crippen LogP contribution in [0.5, 0.6) is 0 Å². The van der Waals surface area contributed by atoms with Crippen LogP contribution in [0.15, 0.2) is 24.5 Å². The second-order valence-electron chi connectivity index (χ2n) is 4.08. The van der Waals surface area contributed by atoms with Crippen molar-refractivity contribution in [3.8, 4) is 0 Å². The fraction of sp³-hybridized carbons (Fsp3) is 0.333. The smallest absolute Gasteiger partial charge is 0.326 e. The molecule has 3 amide bonds. The van der Waals surface area contributed by atoms with E-state index in [1.165, 1.54) is 0 Å². The van der Waals surface area contributed by atoms with E-state index in [9.17, 15) is 14.4 Å². The molecule has 0 saturated carbocycles. The maximum absolute atomic E-state index is 11.6. The largest absolute Gasteiger partial charge is 0.480 e. The molecule has 1 rings (SSSR count). The highest BCUT2D eigenvalue weighted by molar-refractivity contribution is 5.83. The first kappa shape index (κ1) is 15.4. The molecule has 20 heavy (non-hydrogen) atoms. The second kappa shape index (κ2) is 7.72. The van der Waals surface area contributed by atoms with Crippen LogP contribution in [-0.4, -0.2) is 34.0 Å². The zero-order chi connectivity index (χ0) is 15.0. The average molecular weight is 280 g/mol. The summed E-state index contributed by atoms with van der Waals surface area (Å²) in [6.45, 7) is 0.224. The maximum atomic E-state index is 11.6. The van der Waals surface area contributed by atoms with Crippen LogP contribution in [-0.2, 0) is 16.1 Å². The number of carbonyl (C=O) groups excluding carboxylic acids is 2. The van der Waals surface area contributed by atoms with Gasteiger partial charge in [0.15, 0.2) is 0 Å². The molecule has 108 valence electrons. The Bertz CT molecular complexity index is 478. The van der Waals surface area contributed by atoms with Gasteiger partial charge in [-0.25, -0.2) is 9.59 Å². The van der Waals surface area contributed by atoms with Gasteiger partial charge in [-0.05, 0) is 18.1 Å². The van der Waals surface area contributed by atoms with Crippen LogP contribution in [0.1, 0.15) is 18.4 Å². The van der Waals surface area contributed by atoms with Crippen molar-refractivity contribution < 1.29 is 19.5 Å². The molecule has 1 atom stereocenters. The molecule has 0 fully saturated rings. The van der Waals surface area contributed by atoms with Gasteiger partial charge in [-0.2, -0.15) is 0 Å². The molecule has 0 bridgehead atoms. The predicted octanol–water partition coefficient (Wildman–Crippen LogP) is -0.401. The molecular formula is C12H16N4O4. The summed E-state index contributed by atoms with van der Waals surface area (Å²) in [4.78, 5) is 37.0. The number of nitrogens with two attached hydrogens (primary N) is 1. The molecule has 0 unspecified atom stereocenters. The summed E-state index contributed by atoms with van der Waals surface area (Å²) in [6, 6.07) is 1.71. The van der Waals surface area contributed by atoms with Gasteiger partial charge in [-0.1, -0.05) is 6.07 Å². The van der Waals surface area contributed by atoms with Crippen LogP contribution in [0.25, 0.3) is 0 Å². The Balaban J connectivity index is 2.41. The third-order valence-corrected chi connectivity index (χ3v) is 2.46.